The van der Waals surface area contributed by atoms with Gasteiger partial charge in [-0.1, -0.05) is 24.3 Å². The molecule has 19 heavy (non-hydrogen) atoms. The zero-order valence-corrected chi connectivity index (χ0v) is 12.5. The lowest BCUT2D eigenvalue weighted by Gasteiger charge is -2.24. The predicted octanol–water partition coefficient (Wildman–Crippen LogP) is 0.986. The summed E-state index contributed by atoms with van der Waals surface area (Å²) in [6.07, 6.45) is 0.438. The second kappa shape index (κ2) is 7.00. The molecule has 0 radical (unpaired) electrons. The summed E-state index contributed by atoms with van der Waals surface area (Å²) in [6.45, 7) is 2.61. The summed E-state index contributed by atoms with van der Waals surface area (Å²) < 4.78 is 27.0. The Balaban J connectivity index is 2.76. The maximum Gasteiger partial charge on any atom is 0.281 e. The van der Waals surface area contributed by atoms with Crippen molar-refractivity contribution < 1.29 is 13.5 Å². The Hall–Kier alpha value is -0.950. The molecule has 0 saturated carbocycles. The van der Waals surface area contributed by atoms with Crippen molar-refractivity contribution in [3.63, 3.8) is 0 Å². The van der Waals surface area contributed by atoms with Crippen molar-refractivity contribution in [2.75, 3.05) is 27.2 Å². The number of hydrogen-bond acceptors (Lipinski definition) is 3. The molecule has 0 fully saturated rings. The molecule has 0 aliphatic heterocycles. The molecule has 0 aromatic heterocycles. The standard InChI is InChI=1S/C13H22N2O3S/c1-12-7-4-5-8-13(12)11-15(3)19(17,18)14(2)9-6-10-16/h4-5,7-8,16H,6,9-11H2,1-3H3. The van der Waals surface area contributed by atoms with E-state index in [1.807, 2.05) is 31.2 Å². The first-order chi connectivity index (χ1) is 8.89. The number of aryl methyl sites for hydroxylation is 1. The molecule has 0 heterocycles. The van der Waals surface area contributed by atoms with Gasteiger partial charge in [-0.05, 0) is 24.5 Å². The third kappa shape index (κ3) is 4.28. The summed E-state index contributed by atoms with van der Waals surface area (Å²) in [4.78, 5) is 0. The van der Waals surface area contributed by atoms with Crippen molar-refractivity contribution in [3.8, 4) is 0 Å². The first-order valence-corrected chi connectivity index (χ1v) is 7.62. The molecule has 0 aliphatic carbocycles. The van der Waals surface area contributed by atoms with Crippen LogP contribution < -0.4 is 0 Å². The Bertz CT molecular complexity index is 502. The Labute approximate surface area is 115 Å². The molecule has 0 bridgehead atoms. The van der Waals surface area contributed by atoms with Gasteiger partial charge in [-0.25, -0.2) is 0 Å². The van der Waals surface area contributed by atoms with Crippen LogP contribution in [0.15, 0.2) is 24.3 Å². The van der Waals surface area contributed by atoms with Gasteiger partial charge in [0.25, 0.3) is 10.2 Å². The third-order valence-electron chi connectivity index (χ3n) is 3.07. The second-order valence-electron chi connectivity index (χ2n) is 4.59. The van der Waals surface area contributed by atoms with E-state index >= 15 is 0 Å². The summed E-state index contributed by atoms with van der Waals surface area (Å²) in [5.41, 5.74) is 2.06. The summed E-state index contributed by atoms with van der Waals surface area (Å²) in [5.74, 6) is 0. The van der Waals surface area contributed by atoms with Crippen molar-refractivity contribution in [1.29, 1.82) is 0 Å². The van der Waals surface area contributed by atoms with Crippen LogP contribution in [0.5, 0.6) is 0 Å². The van der Waals surface area contributed by atoms with Crippen molar-refractivity contribution >= 4 is 10.2 Å². The number of hydrogen-bond donors (Lipinski definition) is 1. The average Bonchev–Trinajstić information content (AvgIpc) is 2.38. The van der Waals surface area contributed by atoms with Crippen LogP contribution in [-0.4, -0.2) is 49.4 Å². The molecule has 1 N–H and O–H groups in total. The minimum Gasteiger partial charge on any atom is -0.396 e. The van der Waals surface area contributed by atoms with Crippen molar-refractivity contribution in [1.82, 2.24) is 8.61 Å². The maximum absolute atomic E-state index is 12.2. The van der Waals surface area contributed by atoms with Gasteiger partial charge in [0.2, 0.25) is 0 Å². The normalized spacial score (nSPS) is 12.3. The lowest BCUT2D eigenvalue weighted by molar-refractivity contribution is 0.272. The zero-order chi connectivity index (χ0) is 14.5. The summed E-state index contributed by atoms with van der Waals surface area (Å²) in [6, 6.07) is 7.72. The van der Waals surface area contributed by atoms with Crippen LogP contribution in [0.4, 0.5) is 0 Å². The quantitative estimate of drug-likeness (QED) is 0.813. The molecule has 0 amide bonds. The summed E-state index contributed by atoms with van der Waals surface area (Å²) >= 11 is 0. The van der Waals surface area contributed by atoms with Crippen LogP contribution in [0.1, 0.15) is 17.5 Å². The fraction of sp³-hybridized carbons (Fsp3) is 0.538. The third-order valence-corrected chi connectivity index (χ3v) is 4.96. The fourth-order valence-electron chi connectivity index (χ4n) is 1.76. The number of nitrogens with zero attached hydrogens (tertiary/aromatic N) is 2. The summed E-state index contributed by atoms with van der Waals surface area (Å²) in [7, 11) is -0.377. The molecule has 0 unspecified atom stereocenters. The molecule has 0 aliphatic rings. The highest BCUT2D eigenvalue weighted by atomic mass is 32.2. The van der Waals surface area contributed by atoms with Crippen LogP contribution in [0.25, 0.3) is 0 Å². The SMILES string of the molecule is Cc1ccccc1CN(C)S(=O)(=O)N(C)CCCO. The predicted molar refractivity (Wildman–Crippen MR) is 75.9 cm³/mol. The van der Waals surface area contributed by atoms with E-state index in [2.05, 4.69) is 0 Å². The Morgan fingerprint density at radius 1 is 1.16 bits per heavy atom. The molecule has 6 heteroatoms. The fourth-order valence-corrected chi connectivity index (χ4v) is 2.89. The molecule has 0 spiro atoms. The van der Waals surface area contributed by atoms with E-state index in [4.69, 9.17) is 5.11 Å². The Morgan fingerprint density at radius 3 is 2.37 bits per heavy atom. The van der Waals surface area contributed by atoms with Crippen LogP contribution >= 0.6 is 0 Å². The highest BCUT2D eigenvalue weighted by Crippen LogP contribution is 2.13. The maximum atomic E-state index is 12.2. The average molecular weight is 286 g/mol. The number of aliphatic hydroxyl groups is 1. The lowest BCUT2D eigenvalue weighted by Crippen LogP contribution is -2.40. The Kier molecular flexibility index (Phi) is 5.93. The van der Waals surface area contributed by atoms with Gasteiger partial charge in [-0.3, -0.25) is 0 Å². The highest BCUT2D eigenvalue weighted by molar-refractivity contribution is 7.86. The number of rotatable bonds is 7. The first kappa shape index (κ1) is 16.1. The Morgan fingerprint density at radius 2 is 1.79 bits per heavy atom. The van der Waals surface area contributed by atoms with Crippen molar-refractivity contribution in [2.24, 2.45) is 0 Å². The van der Waals surface area contributed by atoms with Gasteiger partial charge >= 0.3 is 0 Å². The van der Waals surface area contributed by atoms with Crippen LogP contribution in [0, 0.1) is 6.92 Å². The van der Waals surface area contributed by atoms with Crippen LogP contribution in [-0.2, 0) is 16.8 Å². The van der Waals surface area contributed by atoms with E-state index in [1.165, 1.54) is 15.7 Å². The first-order valence-electron chi connectivity index (χ1n) is 6.22. The van der Waals surface area contributed by atoms with E-state index in [-0.39, 0.29) is 6.61 Å². The topological polar surface area (TPSA) is 60.9 Å². The van der Waals surface area contributed by atoms with Gasteiger partial charge in [0.1, 0.15) is 0 Å². The molecule has 1 aromatic rings. The van der Waals surface area contributed by atoms with Crippen LogP contribution in [0.2, 0.25) is 0 Å². The minimum atomic E-state index is -3.47. The van der Waals surface area contributed by atoms with E-state index < -0.39 is 10.2 Å². The van der Waals surface area contributed by atoms with E-state index in [9.17, 15) is 8.42 Å². The summed E-state index contributed by atoms with van der Waals surface area (Å²) in [5, 5.41) is 8.76. The van der Waals surface area contributed by atoms with Gasteiger partial charge in [-0.2, -0.15) is 17.0 Å². The van der Waals surface area contributed by atoms with Crippen molar-refractivity contribution in [2.45, 2.75) is 19.9 Å². The molecule has 1 rings (SSSR count). The van der Waals surface area contributed by atoms with Gasteiger partial charge in [0.05, 0.1) is 0 Å². The lowest BCUT2D eigenvalue weighted by atomic mass is 10.1. The van der Waals surface area contributed by atoms with Crippen LogP contribution in [0.3, 0.4) is 0 Å². The number of aliphatic hydroxyl groups excluding tert-OH is 1. The monoisotopic (exact) mass is 286 g/mol. The van der Waals surface area contributed by atoms with Gasteiger partial charge < -0.3 is 5.11 Å². The van der Waals surface area contributed by atoms with Gasteiger partial charge in [0, 0.05) is 33.8 Å². The zero-order valence-electron chi connectivity index (χ0n) is 11.7. The molecule has 108 valence electrons. The molecular formula is C13H22N2O3S. The molecule has 0 atom stereocenters. The van der Waals surface area contributed by atoms with E-state index in [1.54, 1.807) is 7.05 Å². The largest absolute Gasteiger partial charge is 0.396 e. The van der Waals surface area contributed by atoms with E-state index in [0.29, 0.717) is 19.5 Å². The molecule has 0 saturated heterocycles. The molecule has 5 nitrogen and oxygen atoms in total. The number of benzene rings is 1. The van der Waals surface area contributed by atoms with Crippen molar-refractivity contribution in [3.05, 3.63) is 35.4 Å². The van der Waals surface area contributed by atoms with Gasteiger partial charge in [0.15, 0.2) is 0 Å². The smallest absolute Gasteiger partial charge is 0.281 e. The minimum absolute atomic E-state index is 0.0125. The van der Waals surface area contributed by atoms with Gasteiger partial charge in [-0.15, -0.1) is 0 Å². The highest BCUT2D eigenvalue weighted by Gasteiger charge is 2.23. The van der Waals surface area contributed by atoms with E-state index in [0.717, 1.165) is 11.1 Å². The second-order valence-corrected chi connectivity index (χ2v) is 6.73. The molecular weight excluding hydrogens is 264 g/mol. The molecule has 1 aromatic carbocycles.